The van der Waals surface area contributed by atoms with Crippen LogP contribution in [0.1, 0.15) is 90.9 Å². The molecule has 0 spiro atoms. The fourth-order valence-electron chi connectivity index (χ4n) is 2.57. The summed E-state index contributed by atoms with van der Waals surface area (Å²) in [6.45, 7) is 4.28. The molecule has 0 aliphatic heterocycles. The molecule has 3 heteroatoms. The monoisotopic (exact) mass is 280 g/mol. The van der Waals surface area contributed by atoms with Crippen molar-refractivity contribution < 1.29 is 13.2 Å². The first kappa shape index (κ1) is 18.8. The van der Waals surface area contributed by atoms with Crippen molar-refractivity contribution in [2.45, 2.75) is 97.1 Å². The second-order valence-electron chi connectivity index (χ2n) is 5.74. The summed E-state index contributed by atoms with van der Waals surface area (Å²) in [5, 5.41) is 0. The first-order valence-electron chi connectivity index (χ1n) is 8.06. The van der Waals surface area contributed by atoms with E-state index in [0.717, 1.165) is 51.4 Å². The highest BCUT2D eigenvalue weighted by atomic mass is 19.4. The van der Waals surface area contributed by atoms with E-state index >= 15 is 0 Å². The first-order valence-corrected chi connectivity index (χ1v) is 8.06. The maximum Gasteiger partial charge on any atom is 0.389 e. The van der Waals surface area contributed by atoms with Gasteiger partial charge < -0.3 is 0 Å². The normalized spacial score (nSPS) is 13.7. The van der Waals surface area contributed by atoms with E-state index in [9.17, 15) is 13.2 Å². The summed E-state index contributed by atoms with van der Waals surface area (Å²) in [4.78, 5) is 0. The fourth-order valence-corrected chi connectivity index (χ4v) is 2.57. The summed E-state index contributed by atoms with van der Waals surface area (Å²) >= 11 is 0. The molecule has 116 valence electrons. The summed E-state index contributed by atoms with van der Waals surface area (Å²) in [6, 6.07) is 0. The van der Waals surface area contributed by atoms with E-state index in [2.05, 4.69) is 13.8 Å². The number of rotatable bonds is 12. The van der Waals surface area contributed by atoms with Gasteiger partial charge in [0.05, 0.1) is 0 Å². The first-order chi connectivity index (χ1) is 8.99. The van der Waals surface area contributed by atoms with Gasteiger partial charge in [-0.3, -0.25) is 0 Å². The van der Waals surface area contributed by atoms with E-state index in [1.807, 2.05) is 0 Å². The highest BCUT2D eigenvalue weighted by molar-refractivity contribution is 4.65. The molecule has 0 heterocycles. The van der Waals surface area contributed by atoms with Crippen LogP contribution in [0.15, 0.2) is 0 Å². The number of hydrogen-bond acceptors (Lipinski definition) is 0. The Morgan fingerprint density at radius 2 is 1.11 bits per heavy atom. The summed E-state index contributed by atoms with van der Waals surface area (Å²) < 4.78 is 37.5. The Hall–Kier alpha value is -0.210. The lowest BCUT2D eigenvalue weighted by molar-refractivity contribution is -0.145. The summed E-state index contributed by atoms with van der Waals surface area (Å²) in [5.74, 6) is -0.140. The van der Waals surface area contributed by atoms with Crippen molar-refractivity contribution >= 4 is 0 Å². The molecule has 0 aliphatic carbocycles. The molecule has 0 saturated carbocycles. The van der Waals surface area contributed by atoms with Crippen LogP contribution in [0, 0.1) is 5.92 Å². The number of halogens is 3. The van der Waals surface area contributed by atoms with Crippen molar-refractivity contribution in [1.29, 1.82) is 0 Å². The molecule has 1 atom stereocenters. The van der Waals surface area contributed by atoms with Crippen molar-refractivity contribution in [2.24, 2.45) is 5.92 Å². The Bertz CT molecular complexity index is 187. The van der Waals surface area contributed by atoms with Gasteiger partial charge >= 0.3 is 6.18 Å². The highest BCUT2D eigenvalue weighted by Gasteiger charge is 2.31. The average Bonchev–Trinajstić information content (AvgIpc) is 2.32. The third-order valence-electron chi connectivity index (χ3n) is 3.70. The van der Waals surface area contributed by atoms with Gasteiger partial charge in [0.15, 0.2) is 0 Å². The topological polar surface area (TPSA) is 0 Å². The Morgan fingerprint density at radius 1 is 0.684 bits per heavy atom. The molecular formula is C16H31F3. The molecule has 0 aliphatic rings. The smallest absolute Gasteiger partial charge is 0.171 e. The Labute approximate surface area is 117 Å². The number of alkyl halides is 3. The highest BCUT2D eigenvalue weighted by Crippen LogP contribution is 2.31. The summed E-state index contributed by atoms with van der Waals surface area (Å²) in [5.41, 5.74) is 0. The van der Waals surface area contributed by atoms with Crippen LogP contribution in [-0.4, -0.2) is 6.18 Å². The zero-order valence-electron chi connectivity index (χ0n) is 12.7. The van der Waals surface area contributed by atoms with Crippen LogP contribution in [0.3, 0.4) is 0 Å². The Kier molecular flexibility index (Phi) is 11.5. The molecule has 0 aromatic carbocycles. The SMILES string of the molecule is CCCCCCCC(CCCCCC)CC(F)(F)F. The van der Waals surface area contributed by atoms with Gasteiger partial charge in [0, 0.05) is 6.42 Å². The molecule has 0 aromatic heterocycles. The number of hydrogen-bond donors (Lipinski definition) is 0. The largest absolute Gasteiger partial charge is 0.389 e. The average molecular weight is 280 g/mol. The molecule has 0 bridgehead atoms. The summed E-state index contributed by atoms with van der Waals surface area (Å²) in [6.07, 6.45) is 6.91. The predicted octanol–water partition coefficient (Wildman–Crippen LogP) is 6.89. The van der Waals surface area contributed by atoms with E-state index < -0.39 is 12.6 Å². The lowest BCUT2D eigenvalue weighted by Gasteiger charge is -2.18. The molecule has 0 amide bonds. The van der Waals surface area contributed by atoms with Crippen LogP contribution < -0.4 is 0 Å². The second kappa shape index (κ2) is 11.6. The maximum atomic E-state index is 12.5. The van der Waals surface area contributed by atoms with Crippen LogP contribution in [0.4, 0.5) is 13.2 Å². The molecule has 0 saturated heterocycles. The van der Waals surface area contributed by atoms with Gasteiger partial charge in [-0.2, -0.15) is 13.2 Å². The maximum absolute atomic E-state index is 12.5. The van der Waals surface area contributed by atoms with E-state index in [0.29, 0.717) is 0 Å². The predicted molar refractivity (Wildman–Crippen MR) is 76.3 cm³/mol. The molecule has 1 unspecified atom stereocenters. The van der Waals surface area contributed by atoms with Gasteiger partial charge in [-0.1, -0.05) is 84.5 Å². The molecule has 0 radical (unpaired) electrons. The lowest BCUT2D eigenvalue weighted by atomic mass is 9.91. The summed E-state index contributed by atoms with van der Waals surface area (Å²) in [7, 11) is 0. The van der Waals surface area contributed by atoms with E-state index in [1.54, 1.807) is 0 Å². The lowest BCUT2D eigenvalue weighted by Crippen LogP contribution is -2.15. The molecule has 19 heavy (non-hydrogen) atoms. The van der Waals surface area contributed by atoms with Crippen LogP contribution in [0.5, 0.6) is 0 Å². The van der Waals surface area contributed by atoms with Gasteiger partial charge in [0.1, 0.15) is 0 Å². The molecule has 0 N–H and O–H groups in total. The molecule has 0 fully saturated rings. The molecule has 0 nitrogen and oxygen atoms in total. The third-order valence-corrected chi connectivity index (χ3v) is 3.70. The standard InChI is InChI=1S/C16H31F3/c1-3-5-7-9-11-13-15(14-16(17,18)19)12-10-8-6-4-2/h15H,3-14H2,1-2H3. The van der Waals surface area contributed by atoms with Crippen LogP contribution in [-0.2, 0) is 0 Å². The van der Waals surface area contributed by atoms with Crippen LogP contribution in [0.25, 0.3) is 0 Å². The Morgan fingerprint density at radius 3 is 1.53 bits per heavy atom. The van der Waals surface area contributed by atoms with Crippen molar-refractivity contribution in [3.63, 3.8) is 0 Å². The van der Waals surface area contributed by atoms with Gasteiger partial charge in [0.2, 0.25) is 0 Å². The fraction of sp³-hybridized carbons (Fsp3) is 1.00. The van der Waals surface area contributed by atoms with Crippen molar-refractivity contribution in [3.05, 3.63) is 0 Å². The zero-order chi connectivity index (χ0) is 14.6. The van der Waals surface area contributed by atoms with E-state index in [1.165, 1.54) is 19.3 Å². The minimum atomic E-state index is -3.99. The van der Waals surface area contributed by atoms with Crippen LogP contribution in [0.2, 0.25) is 0 Å². The third kappa shape index (κ3) is 14.0. The van der Waals surface area contributed by atoms with Crippen molar-refractivity contribution in [2.75, 3.05) is 0 Å². The minimum absolute atomic E-state index is 0.140. The van der Waals surface area contributed by atoms with Gasteiger partial charge in [-0.15, -0.1) is 0 Å². The van der Waals surface area contributed by atoms with Crippen LogP contribution >= 0.6 is 0 Å². The van der Waals surface area contributed by atoms with Gasteiger partial charge in [0.25, 0.3) is 0 Å². The number of unbranched alkanes of at least 4 members (excludes halogenated alkanes) is 7. The second-order valence-corrected chi connectivity index (χ2v) is 5.74. The zero-order valence-corrected chi connectivity index (χ0v) is 12.7. The van der Waals surface area contributed by atoms with Crippen molar-refractivity contribution in [1.82, 2.24) is 0 Å². The molecular weight excluding hydrogens is 249 g/mol. The quantitative estimate of drug-likeness (QED) is 0.341. The van der Waals surface area contributed by atoms with Gasteiger partial charge in [-0.25, -0.2) is 0 Å². The van der Waals surface area contributed by atoms with Crippen molar-refractivity contribution in [3.8, 4) is 0 Å². The Balaban J connectivity index is 3.83. The van der Waals surface area contributed by atoms with E-state index in [-0.39, 0.29) is 5.92 Å². The molecule has 0 rings (SSSR count). The van der Waals surface area contributed by atoms with Gasteiger partial charge in [-0.05, 0) is 5.92 Å². The molecule has 0 aromatic rings. The van der Waals surface area contributed by atoms with E-state index in [4.69, 9.17) is 0 Å². The minimum Gasteiger partial charge on any atom is -0.171 e.